The number of esters is 1. The Kier molecular flexibility index (Phi) is 31.3. The summed E-state index contributed by atoms with van der Waals surface area (Å²) in [5, 5.41) is 75.9. The van der Waals surface area contributed by atoms with Crippen molar-refractivity contribution >= 4 is 117 Å². The maximum Gasteiger partial charge on any atom is 0.434 e. The van der Waals surface area contributed by atoms with Gasteiger partial charge in [0.2, 0.25) is 17.4 Å². The Morgan fingerprint density at radius 1 is 0.476 bits per heavy atom. The molecule has 16 aromatic rings. The van der Waals surface area contributed by atoms with Crippen molar-refractivity contribution in [2.75, 3.05) is 45.4 Å². The van der Waals surface area contributed by atoms with Crippen LogP contribution in [0.2, 0.25) is 25.2 Å². The topological polar surface area (TPSA) is 377 Å². The number of likely N-dealkylation sites (tertiary alicyclic amines) is 1. The molecule has 1 saturated carbocycles. The molecule has 0 amide bonds. The predicted molar refractivity (Wildman–Crippen MR) is 534 cm³/mol. The average Bonchev–Trinajstić information content (AvgIpc) is 1.23. The van der Waals surface area contributed by atoms with Crippen LogP contribution < -0.4 is 18.9 Å². The second-order valence-corrected chi connectivity index (χ2v) is 40.0. The van der Waals surface area contributed by atoms with E-state index in [9.17, 15) is 68.8 Å². The summed E-state index contributed by atoms with van der Waals surface area (Å²) in [5.41, 5.74) is -2.88. The third-order valence-corrected chi connectivity index (χ3v) is 29.7. The van der Waals surface area contributed by atoms with Crippen LogP contribution in [0.1, 0.15) is 182 Å². The molecule has 19 rings (SSSR count). The summed E-state index contributed by atoms with van der Waals surface area (Å²) < 4.78 is 168. The highest BCUT2D eigenvalue weighted by Gasteiger charge is 2.49. The molecule has 0 radical (unpaired) electrons. The van der Waals surface area contributed by atoms with E-state index in [0.717, 1.165) is 53.6 Å². The Morgan fingerprint density at radius 3 is 1.31 bits per heavy atom. The van der Waals surface area contributed by atoms with Gasteiger partial charge in [0.1, 0.15) is 22.4 Å². The van der Waals surface area contributed by atoms with Gasteiger partial charge < -0.3 is 44.1 Å². The summed E-state index contributed by atoms with van der Waals surface area (Å²) in [6.45, 7) is 10.9. The molecular weight excluding hydrogens is 2040 g/mol. The standard InChI is InChI=1S/C27H28ClF2N5O3.C26H28ClN5O5S.C25H24Cl3N5O.C25H17F6N3O3/c1-15-5-7-20(16(2)32-15)27(36,22-14-31-34-35(22)3)17-6-8-21-19(13-17)23(28)24(25(33-21)37-4)38-18-9-11-26(29,30)12-10-18;1-15-5-7-20(16(2)29-15)26(33,22-14-28-31-32(22)3)17-6-8-21-19(13-17)23(27)24(25(30-21)36-4)37-18-9-11-38(34,35)12-10-18;1-32-22(14-29-31-32)25(34,16-5-8-18(26)9-6-16)17-7-10-21-19(13-17)23(27)20(24(28)30-21)15-33-11-3-2-4-12-33;1-2-37-22(35)19-20(24(26,27)28)17-11-14(7-8-18(17)34-21(19)25(29,30)31)23(36,15-5-3-9-32-12-15)16-6-4-10-33-13-16/h5-8,13-14,18,36H,9-12H2,1-4H3;5-8,13-14,18,33H,9-12H2,1-4H3;5-10,13-14,34H,2-4,11-12,15H2,1H3;3-13,36H,2H2,1H3. The number of fused-ring (bicyclic) bond motifs is 4. The van der Waals surface area contributed by atoms with Crippen LogP contribution in [0, 0.1) is 27.7 Å². The van der Waals surface area contributed by atoms with Gasteiger partial charge in [-0.3, -0.25) is 24.8 Å². The molecule has 147 heavy (non-hydrogen) atoms. The lowest BCUT2D eigenvalue weighted by atomic mass is 9.81. The van der Waals surface area contributed by atoms with Crippen LogP contribution in [0.15, 0.2) is 189 Å². The summed E-state index contributed by atoms with van der Waals surface area (Å²) in [6.07, 6.45) is 2.60. The summed E-state index contributed by atoms with van der Waals surface area (Å²) in [7, 11) is 5.02. The van der Waals surface area contributed by atoms with Crippen LogP contribution in [0.4, 0.5) is 35.1 Å². The number of ether oxygens (including phenoxy) is 5. The fourth-order valence-corrected chi connectivity index (χ4v) is 21.5. The number of halogens is 13. The lowest BCUT2D eigenvalue weighted by Crippen LogP contribution is -2.32. The number of alkyl halides is 8. The number of sulfone groups is 1. The lowest BCUT2D eigenvalue weighted by Gasteiger charge is -2.31. The Hall–Kier alpha value is -12.9. The van der Waals surface area contributed by atoms with Gasteiger partial charge in [-0.05, 0) is 199 Å². The molecule has 4 N–H and O–H groups in total. The van der Waals surface area contributed by atoms with Gasteiger partial charge in [-0.1, -0.05) is 141 Å². The molecule has 0 bridgehead atoms. The molecule has 768 valence electrons. The quantitative estimate of drug-likeness (QED) is 0.0278. The van der Waals surface area contributed by atoms with E-state index < -0.39 is 96.9 Å². The molecule has 2 saturated heterocycles. The number of benzene rings is 5. The number of pyridine rings is 8. The summed E-state index contributed by atoms with van der Waals surface area (Å²) >= 11 is 33.4. The Balaban J connectivity index is 0.000000140. The molecule has 1 aliphatic carbocycles. The van der Waals surface area contributed by atoms with Gasteiger partial charge in [0.05, 0.1) is 117 Å². The van der Waals surface area contributed by atoms with Crippen molar-refractivity contribution in [1.29, 1.82) is 0 Å². The van der Waals surface area contributed by atoms with E-state index in [1.165, 1.54) is 111 Å². The number of carbonyl (C=O) groups excluding carboxylic acids is 1. The normalized spacial score (nSPS) is 16.0. The second kappa shape index (κ2) is 43.1. The fraction of sp³-hybridized carbons (Fsp3) is 0.330. The fourth-order valence-electron chi connectivity index (χ4n) is 18.8. The summed E-state index contributed by atoms with van der Waals surface area (Å²) in [6, 6.07) is 39.3. The van der Waals surface area contributed by atoms with Crippen molar-refractivity contribution in [3.63, 3.8) is 0 Å². The van der Waals surface area contributed by atoms with E-state index >= 15 is 0 Å². The maximum absolute atomic E-state index is 14.3. The van der Waals surface area contributed by atoms with Crippen molar-refractivity contribution in [3.8, 4) is 23.3 Å². The summed E-state index contributed by atoms with van der Waals surface area (Å²) in [5.74, 6) is -3.60. The molecule has 44 heteroatoms. The molecule has 3 atom stereocenters. The highest BCUT2D eigenvalue weighted by molar-refractivity contribution is 7.91. The van der Waals surface area contributed by atoms with Gasteiger partial charge in [0.25, 0.3) is 11.8 Å². The average molecular weight is 2140 g/mol. The number of rotatable bonds is 22. The predicted octanol–water partition coefficient (Wildman–Crippen LogP) is 19.7. The highest BCUT2D eigenvalue weighted by atomic mass is 35.5. The minimum absolute atomic E-state index is 0.0540. The number of aliphatic hydroxyl groups is 4. The molecule has 3 fully saturated rings. The zero-order chi connectivity index (χ0) is 105. The first-order valence-corrected chi connectivity index (χ1v) is 50.0. The van der Waals surface area contributed by atoms with Crippen molar-refractivity contribution in [2.45, 2.75) is 152 Å². The molecule has 3 aliphatic rings. The van der Waals surface area contributed by atoms with Gasteiger partial charge in [0.15, 0.2) is 32.3 Å². The second-order valence-electron chi connectivity index (χ2n) is 35.8. The first-order valence-electron chi connectivity index (χ1n) is 46.3. The first kappa shape index (κ1) is 107. The van der Waals surface area contributed by atoms with Gasteiger partial charge in [-0.15, -0.1) is 15.3 Å². The number of carbonyl (C=O) groups is 1. The zero-order valence-electron chi connectivity index (χ0n) is 80.6. The van der Waals surface area contributed by atoms with Crippen LogP contribution in [0.25, 0.3) is 43.6 Å². The van der Waals surface area contributed by atoms with Crippen LogP contribution >= 0.6 is 58.0 Å². The maximum atomic E-state index is 14.3. The number of aromatic nitrogens is 17. The number of methoxy groups -OCH3 is 2. The van der Waals surface area contributed by atoms with Gasteiger partial charge in [0, 0.05) is 142 Å². The van der Waals surface area contributed by atoms with Crippen molar-refractivity contribution in [3.05, 3.63) is 327 Å². The zero-order valence-corrected chi connectivity index (χ0v) is 85.2. The van der Waals surface area contributed by atoms with E-state index in [-0.39, 0.29) is 93.3 Å². The highest BCUT2D eigenvalue weighted by Crippen LogP contribution is 2.51. The number of hydrogen-bond acceptors (Lipinski definition) is 27. The van der Waals surface area contributed by atoms with Crippen molar-refractivity contribution in [1.82, 2.24) is 89.8 Å². The van der Waals surface area contributed by atoms with E-state index in [1.54, 1.807) is 92.7 Å². The minimum atomic E-state index is -5.41. The van der Waals surface area contributed by atoms with E-state index in [4.69, 9.17) is 77.0 Å². The molecule has 2 aliphatic heterocycles. The number of piperidine rings is 1. The molecular formula is C103H97Cl5F8N18O12S. The van der Waals surface area contributed by atoms with Crippen LogP contribution in [-0.4, -0.2) is 188 Å². The molecule has 13 heterocycles. The third kappa shape index (κ3) is 21.8. The van der Waals surface area contributed by atoms with Crippen molar-refractivity contribution in [2.24, 2.45) is 21.1 Å². The van der Waals surface area contributed by atoms with E-state index in [1.807, 2.05) is 70.2 Å². The van der Waals surface area contributed by atoms with Gasteiger partial charge in [-0.2, -0.15) is 26.3 Å². The number of hydrogen-bond donors (Lipinski definition) is 4. The van der Waals surface area contributed by atoms with Crippen LogP contribution in [0.5, 0.6) is 23.3 Å². The van der Waals surface area contributed by atoms with Gasteiger partial charge in [-0.25, -0.2) is 56.0 Å². The van der Waals surface area contributed by atoms with Crippen LogP contribution in [0.3, 0.4) is 0 Å². The van der Waals surface area contributed by atoms with E-state index in [2.05, 4.69) is 80.4 Å². The molecule has 5 aromatic carbocycles. The number of nitrogens with zero attached hydrogens (tertiary/aromatic N) is 18. The largest absolute Gasteiger partial charge is 0.483 e. The molecule has 0 spiro atoms. The summed E-state index contributed by atoms with van der Waals surface area (Å²) in [4.78, 5) is 48.9. The SMILES string of the molecule is CCOC(=O)c1c(C(F)(F)F)nc2ccc(C(O)(c3cccnc3)c3cccnc3)cc2c1C(F)(F)F.COc1nc2ccc(C(O)(c3ccc(C)nc3C)c3cnnn3C)cc2c(Cl)c1OC1CCC(F)(F)CC1.COc1nc2ccc(C(O)(c3ccc(C)nc3C)c3cnnn3C)cc2c(Cl)c1OC1CCS(=O)(=O)CC1.Cn1nncc1C(O)(c1ccc(Cl)cc1)c1ccc2nc(Cl)c(CN3CCCCC3)c(Cl)c2c1. The smallest absolute Gasteiger partial charge is 0.434 e. The molecule has 3 unspecified atom stereocenters. The lowest BCUT2D eigenvalue weighted by molar-refractivity contribution is -0.145. The third-order valence-electron chi connectivity index (χ3n) is 26.2. The molecule has 30 nitrogen and oxygen atoms in total. The minimum Gasteiger partial charge on any atom is -0.483 e. The first-order chi connectivity index (χ1) is 69.8. The molecule has 11 aromatic heterocycles. The Bertz CT molecular complexity index is 7680. The number of aryl methyl sites for hydroxylation is 7. The Morgan fingerprint density at radius 2 is 0.891 bits per heavy atom. The van der Waals surface area contributed by atoms with Crippen LogP contribution in [-0.2, 0) is 77.0 Å². The monoisotopic (exact) mass is 2140 g/mol. The van der Waals surface area contributed by atoms with Crippen molar-refractivity contribution < 1.29 is 92.4 Å². The van der Waals surface area contributed by atoms with E-state index in [0.29, 0.717) is 124 Å². The van der Waals surface area contributed by atoms with Gasteiger partial charge >= 0.3 is 18.3 Å². The Labute approximate surface area is 862 Å².